The molecule has 0 aliphatic carbocycles. The van der Waals surface area contributed by atoms with Crippen LogP contribution in [-0.4, -0.2) is 66.4 Å². The van der Waals surface area contributed by atoms with Crippen LogP contribution in [0.2, 0.25) is 6.04 Å². The molecule has 0 aromatic rings. The van der Waals surface area contributed by atoms with E-state index in [1.807, 2.05) is 18.7 Å². The number of rotatable bonds is 10. The van der Waals surface area contributed by atoms with Crippen molar-refractivity contribution in [3.05, 3.63) is 0 Å². The van der Waals surface area contributed by atoms with Crippen LogP contribution < -0.4 is 0 Å². The van der Waals surface area contributed by atoms with Gasteiger partial charge in [0.15, 0.2) is 0 Å². The van der Waals surface area contributed by atoms with Gasteiger partial charge in [0.1, 0.15) is 0 Å². The van der Waals surface area contributed by atoms with Gasteiger partial charge < -0.3 is 23.8 Å². The van der Waals surface area contributed by atoms with E-state index in [2.05, 4.69) is 0 Å². The van der Waals surface area contributed by atoms with Crippen molar-refractivity contribution >= 4 is 18.9 Å². The molecule has 0 heterocycles. The van der Waals surface area contributed by atoms with Gasteiger partial charge in [0.05, 0.1) is 10.1 Å². The van der Waals surface area contributed by atoms with Crippen LogP contribution in [0.1, 0.15) is 26.7 Å². The summed E-state index contributed by atoms with van der Waals surface area (Å²) in [5.41, 5.74) is 0. The van der Waals surface area contributed by atoms with Gasteiger partial charge in [-0.1, -0.05) is 13.8 Å². The lowest BCUT2D eigenvalue weighted by Gasteiger charge is -2.25. The van der Waals surface area contributed by atoms with Crippen LogP contribution >= 0.6 is 0 Å². The zero-order valence-electron chi connectivity index (χ0n) is 11.4. The van der Waals surface area contributed by atoms with Gasteiger partial charge in [0.25, 0.3) is 0 Å². The second-order valence-corrected chi connectivity index (χ2v) is 8.43. The van der Waals surface area contributed by atoms with Crippen molar-refractivity contribution in [2.24, 2.45) is 5.92 Å². The summed E-state index contributed by atoms with van der Waals surface area (Å²) in [5, 5.41) is 0. The van der Waals surface area contributed by atoms with E-state index in [1.54, 1.807) is 0 Å². The van der Waals surface area contributed by atoms with E-state index >= 15 is 0 Å². The molecule has 0 aliphatic heterocycles. The lowest BCUT2D eigenvalue weighted by Crippen LogP contribution is -2.39. The summed E-state index contributed by atoms with van der Waals surface area (Å²) >= 11 is 0. The Balaban J connectivity index is 3.95. The average Bonchev–Trinajstić information content (AvgIpc) is 2.18. The molecule has 0 saturated carbocycles. The fourth-order valence-electron chi connectivity index (χ4n) is 1.97. The van der Waals surface area contributed by atoms with Crippen LogP contribution in [0.5, 0.6) is 0 Å². The molecule has 0 aromatic heterocycles. The molecule has 0 radical (unpaired) electrons. The number of hydrogen-bond acceptors (Lipinski definition) is 7. The second-order valence-electron chi connectivity index (χ2n) is 4.95. The van der Waals surface area contributed by atoms with Crippen molar-refractivity contribution in [2.45, 2.75) is 32.7 Å². The molecule has 0 aliphatic rings. The topological polar surface area (TPSA) is 121 Å². The van der Waals surface area contributed by atoms with E-state index in [0.29, 0.717) is 25.9 Å². The lowest BCUT2D eigenvalue weighted by molar-refractivity contribution is 0.200. The predicted molar refractivity (Wildman–Crippen MR) is 72.3 cm³/mol. The van der Waals surface area contributed by atoms with E-state index in [4.69, 9.17) is 14.4 Å². The predicted octanol–water partition coefficient (Wildman–Crippen LogP) is -0.814. The van der Waals surface area contributed by atoms with E-state index in [1.165, 1.54) is 0 Å². The number of hydrogen-bond donors (Lipinski definition) is 3. The van der Waals surface area contributed by atoms with Gasteiger partial charge in [-0.05, 0) is 31.8 Å². The molecule has 19 heavy (non-hydrogen) atoms. The molecule has 0 aromatic carbocycles. The lowest BCUT2D eigenvalue weighted by atomic mass is 10.2. The zero-order chi connectivity index (χ0) is 15.1. The van der Waals surface area contributed by atoms with Gasteiger partial charge in [0, 0.05) is 18.3 Å². The fraction of sp³-hybridized carbons (Fsp3) is 1.00. The summed E-state index contributed by atoms with van der Waals surface area (Å²) in [6.07, 6.45) is 0.928. The van der Waals surface area contributed by atoms with Gasteiger partial charge in [0.2, 0.25) is 0 Å². The molecule has 0 saturated heterocycles. The normalized spacial score (nSPS) is 14.9. The first-order chi connectivity index (χ1) is 8.53. The second kappa shape index (κ2) is 8.30. The SMILES string of the molecule is CCN(CCCCS(=O)(=O)[O-])CC(C)C[Si](O)(O)O. The summed E-state index contributed by atoms with van der Waals surface area (Å²) in [5.74, 6) is -0.407. The monoisotopic (exact) mass is 314 g/mol. The molecule has 0 amide bonds. The fourth-order valence-corrected chi connectivity index (χ4v) is 3.59. The van der Waals surface area contributed by atoms with Crippen LogP contribution in [0.3, 0.4) is 0 Å². The van der Waals surface area contributed by atoms with Crippen molar-refractivity contribution in [2.75, 3.05) is 25.4 Å². The van der Waals surface area contributed by atoms with Crippen molar-refractivity contribution in [3.63, 3.8) is 0 Å². The zero-order valence-corrected chi connectivity index (χ0v) is 13.3. The van der Waals surface area contributed by atoms with Crippen LogP contribution in [-0.2, 0) is 10.1 Å². The number of nitrogens with zero attached hydrogens (tertiary/aromatic N) is 1. The van der Waals surface area contributed by atoms with Gasteiger partial charge >= 0.3 is 8.80 Å². The minimum atomic E-state index is -4.14. The van der Waals surface area contributed by atoms with Gasteiger partial charge in [-0.25, -0.2) is 8.42 Å². The summed E-state index contributed by atoms with van der Waals surface area (Å²) in [4.78, 5) is 29.1. The highest BCUT2D eigenvalue weighted by atomic mass is 32.2. The summed E-state index contributed by atoms with van der Waals surface area (Å²) in [7, 11) is -8.15. The highest BCUT2D eigenvalue weighted by Gasteiger charge is 2.29. The minimum absolute atomic E-state index is 0.0154. The van der Waals surface area contributed by atoms with Crippen LogP contribution in [0.15, 0.2) is 0 Å². The van der Waals surface area contributed by atoms with E-state index in [0.717, 1.165) is 6.54 Å². The third kappa shape index (κ3) is 12.7. The quantitative estimate of drug-likeness (QED) is 0.274. The van der Waals surface area contributed by atoms with Crippen molar-refractivity contribution in [1.82, 2.24) is 4.90 Å². The highest BCUT2D eigenvalue weighted by Crippen LogP contribution is 2.12. The van der Waals surface area contributed by atoms with Crippen LogP contribution in [0.25, 0.3) is 0 Å². The maximum atomic E-state index is 10.4. The molecule has 0 bridgehead atoms. The third-order valence-electron chi connectivity index (χ3n) is 2.76. The van der Waals surface area contributed by atoms with Gasteiger partial charge in [-0.3, -0.25) is 0 Å². The molecule has 9 heteroatoms. The molecule has 7 nitrogen and oxygen atoms in total. The summed E-state index contributed by atoms with van der Waals surface area (Å²) in [6.45, 7) is 5.74. The summed E-state index contributed by atoms with van der Waals surface area (Å²) in [6, 6.07) is -0.0154. The largest absolute Gasteiger partial charge is 0.748 e. The molecule has 0 rings (SSSR count). The molecule has 1 atom stereocenters. The van der Waals surface area contributed by atoms with Crippen LogP contribution in [0, 0.1) is 5.92 Å². The average molecular weight is 314 g/mol. The first kappa shape index (κ1) is 19.0. The highest BCUT2D eigenvalue weighted by molar-refractivity contribution is 7.85. The molecular weight excluding hydrogens is 290 g/mol. The molecule has 0 spiro atoms. The Hall–Kier alpha value is -0.0331. The smallest absolute Gasteiger partial charge is 0.493 e. The Kier molecular flexibility index (Phi) is 8.28. The molecular formula is C10H24NO6SSi-. The summed E-state index contributed by atoms with van der Waals surface area (Å²) < 4.78 is 31.3. The maximum Gasteiger partial charge on any atom is 0.493 e. The minimum Gasteiger partial charge on any atom is -0.748 e. The Morgan fingerprint density at radius 3 is 2.26 bits per heavy atom. The first-order valence-electron chi connectivity index (χ1n) is 6.36. The van der Waals surface area contributed by atoms with E-state index < -0.39 is 18.9 Å². The molecule has 116 valence electrons. The Morgan fingerprint density at radius 2 is 1.84 bits per heavy atom. The molecule has 0 fully saturated rings. The maximum absolute atomic E-state index is 10.4. The standard InChI is InChI=1S/C10H25NO6SSi/c1-3-11(6-4-5-7-18(12,13)14)8-10(2)9-19(15,16)17/h10,15-17H,3-9H2,1-2H3,(H,12,13,14)/p-1. The van der Waals surface area contributed by atoms with E-state index in [9.17, 15) is 13.0 Å². The van der Waals surface area contributed by atoms with Crippen LogP contribution in [0.4, 0.5) is 0 Å². The van der Waals surface area contributed by atoms with Gasteiger partial charge in [-0.2, -0.15) is 0 Å². The first-order valence-corrected chi connectivity index (χ1v) is 9.99. The van der Waals surface area contributed by atoms with Gasteiger partial charge in [-0.15, -0.1) is 0 Å². The van der Waals surface area contributed by atoms with Crippen molar-refractivity contribution in [1.29, 1.82) is 0 Å². The van der Waals surface area contributed by atoms with E-state index in [-0.39, 0.29) is 17.7 Å². The number of unbranched alkanes of at least 4 members (excludes halogenated alkanes) is 1. The Morgan fingerprint density at radius 1 is 1.26 bits per heavy atom. The molecule has 3 N–H and O–H groups in total. The van der Waals surface area contributed by atoms with Crippen molar-refractivity contribution < 1.29 is 27.4 Å². The Bertz CT molecular complexity index is 342. The molecule has 1 unspecified atom stereocenters. The Labute approximate surface area is 116 Å². The third-order valence-corrected chi connectivity index (χ3v) is 4.79. The van der Waals surface area contributed by atoms with Crippen molar-refractivity contribution in [3.8, 4) is 0 Å².